The van der Waals surface area contributed by atoms with Crippen LogP contribution in [-0.2, 0) is 14.8 Å². The summed E-state index contributed by atoms with van der Waals surface area (Å²) in [5.74, 6) is 0.393. The van der Waals surface area contributed by atoms with Crippen LogP contribution in [0.2, 0.25) is 5.02 Å². The Hall–Kier alpha value is -2.29. The maximum atomic E-state index is 13.0. The van der Waals surface area contributed by atoms with E-state index >= 15 is 0 Å². The van der Waals surface area contributed by atoms with Gasteiger partial charge in [0.15, 0.2) is 5.60 Å². The van der Waals surface area contributed by atoms with Crippen LogP contribution >= 0.6 is 11.6 Å². The van der Waals surface area contributed by atoms with E-state index in [1.807, 2.05) is 0 Å². The molecule has 0 spiro atoms. The number of amides is 1. The van der Waals surface area contributed by atoms with Gasteiger partial charge in [-0.1, -0.05) is 25.4 Å². The highest BCUT2D eigenvalue weighted by Gasteiger charge is 2.31. The lowest BCUT2D eigenvalue weighted by molar-refractivity contribution is -0.128. The van der Waals surface area contributed by atoms with Gasteiger partial charge in [-0.25, -0.2) is 8.42 Å². The molecule has 0 aliphatic rings. The maximum Gasteiger partial charge on any atom is 0.268 e. The molecule has 31 heavy (non-hydrogen) atoms. The molecule has 7 nitrogen and oxygen atoms in total. The molecule has 170 valence electrons. The Labute approximate surface area is 189 Å². The first-order valence-corrected chi connectivity index (χ1v) is 11.9. The third-order valence-corrected chi connectivity index (χ3v) is 6.87. The van der Waals surface area contributed by atoms with Gasteiger partial charge in [-0.05, 0) is 63.2 Å². The lowest BCUT2D eigenvalue weighted by atomic mass is 10.1. The van der Waals surface area contributed by atoms with E-state index in [-0.39, 0.29) is 10.6 Å². The predicted molar refractivity (Wildman–Crippen MR) is 123 cm³/mol. The summed E-state index contributed by atoms with van der Waals surface area (Å²) < 4.78 is 38.6. The summed E-state index contributed by atoms with van der Waals surface area (Å²) in [6.07, 6.45) is 0. The molecule has 0 saturated carbocycles. The van der Waals surface area contributed by atoms with Crippen molar-refractivity contribution in [3.05, 3.63) is 47.5 Å². The molecule has 0 unspecified atom stereocenters. The fourth-order valence-corrected chi connectivity index (χ4v) is 4.49. The zero-order valence-electron chi connectivity index (χ0n) is 18.4. The number of ether oxygens (including phenoxy) is 2. The zero-order valence-corrected chi connectivity index (χ0v) is 20.0. The number of sulfonamides is 1. The van der Waals surface area contributed by atoms with Crippen molar-refractivity contribution in [2.45, 2.75) is 45.1 Å². The molecular weight excluding hydrogens is 440 g/mol. The molecule has 0 aliphatic heterocycles. The molecule has 1 N–H and O–H groups in total. The molecule has 2 rings (SSSR count). The molecule has 0 radical (unpaired) electrons. The van der Waals surface area contributed by atoms with Crippen molar-refractivity contribution in [2.75, 3.05) is 25.0 Å². The van der Waals surface area contributed by atoms with Gasteiger partial charge in [0.1, 0.15) is 11.5 Å². The standard InChI is InChI=1S/C22H29ClN2O5S/c1-6-25(7-2)31(27,28)18-13-14-20(29-8-3)19(15-18)24-21(26)22(4,5)30-17-11-9-16(23)10-12-17/h9-15H,6-8H2,1-5H3,(H,24,26). The highest BCUT2D eigenvalue weighted by atomic mass is 35.5. The van der Waals surface area contributed by atoms with Gasteiger partial charge in [-0.15, -0.1) is 0 Å². The molecule has 2 aromatic rings. The average Bonchev–Trinajstić information content (AvgIpc) is 2.71. The largest absolute Gasteiger partial charge is 0.492 e. The summed E-state index contributed by atoms with van der Waals surface area (Å²) in [7, 11) is -3.70. The quantitative estimate of drug-likeness (QED) is 0.552. The minimum atomic E-state index is -3.70. The molecule has 0 saturated heterocycles. The van der Waals surface area contributed by atoms with Crippen LogP contribution in [0.3, 0.4) is 0 Å². The summed E-state index contributed by atoms with van der Waals surface area (Å²) in [6, 6.07) is 11.1. The third kappa shape index (κ3) is 6.12. The average molecular weight is 469 g/mol. The van der Waals surface area contributed by atoms with Crippen LogP contribution in [0.15, 0.2) is 47.4 Å². The lowest BCUT2D eigenvalue weighted by Gasteiger charge is -2.26. The summed E-state index contributed by atoms with van der Waals surface area (Å²) in [4.78, 5) is 13.1. The highest BCUT2D eigenvalue weighted by Crippen LogP contribution is 2.31. The van der Waals surface area contributed by atoms with Crippen LogP contribution in [0.25, 0.3) is 0 Å². The second kappa shape index (κ2) is 10.3. The van der Waals surface area contributed by atoms with Crippen LogP contribution in [0.4, 0.5) is 5.69 Å². The molecule has 2 aromatic carbocycles. The van der Waals surface area contributed by atoms with Crippen LogP contribution in [0.1, 0.15) is 34.6 Å². The van der Waals surface area contributed by atoms with Gasteiger partial charge < -0.3 is 14.8 Å². The first kappa shape index (κ1) is 25.0. The Bertz CT molecular complexity index is 1000. The topological polar surface area (TPSA) is 84.9 Å². The monoisotopic (exact) mass is 468 g/mol. The molecule has 0 bridgehead atoms. The van der Waals surface area contributed by atoms with E-state index in [2.05, 4.69) is 5.32 Å². The summed E-state index contributed by atoms with van der Waals surface area (Å²) >= 11 is 5.89. The number of carbonyl (C=O) groups is 1. The van der Waals surface area contributed by atoms with E-state index in [0.717, 1.165) is 0 Å². The van der Waals surface area contributed by atoms with Crippen molar-refractivity contribution in [2.24, 2.45) is 0 Å². The van der Waals surface area contributed by atoms with Gasteiger partial charge in [0.2, 0.25) is 10.0 Å². The first-order valence-electron chi connectivity index (χ1n) is 10.1. The second-order valence-corrected chi connectivity index (χ2v) is 9.58. The van der Waals surface area contributed by atoms with Gasteiger partial charge >= 0.3 is 0 Å². The van der Waals surface area contributed by atoms with E-state index < -0.39 is 21.5 Å². The lowest BCUT2D eigenvalue weighted by Crippen LogP contribution is -2.42. The zero-order chi connectivity index (χ0) is 23.2. The van der Waals surface area contributed by atoms with Crippen molar-refractivity contribution < 1.29 is 22.7 Å². The molecule has 1 amide bonds. The summed E-state index contributed by atoms with van der Waals surface area (Å²) in [6.45, 7) is 9.63. The van der Waals surface area contributed by atoms with E-state index in [4.69, 9.17) is 21.1 Å². The number of hydrogen-bond acceptors (Lipinski definition) is 5. The van der Waals surface area contributed by atoms with Gasteiger partial charge in [0.05, 0.1) is 17.2 Å². The van der Waals surface area contributed by atoms with Gasteiger partial charge in [0, 0.05) is 18.1 Å². The molecule has 0 aromatic heterocycles. The Balaban J connectivity index is 2.34. The van der Waals surface area contributed by atoms with Crippen molar-refractivity contribution in [3.8, 4) is 11.5 Å². The third-order valence-electron chi connectivity index (χ3n) is 4.58. The van der Waals surface area contributed by atoms with Crippen LogP contribution in [-0.4, -0.2) is 43.9 Å². The second-order valence-electron chi connectivity index (χ2n) is 7.20. The van der Waals surface area contributed by atoms with Gasteiger partial charge in [-0.3, -0.25) is 4.79 Å². The normalized spacial score (nSPS) is 12.0. The maximum absolute atomic E-state index is 13.0. The first-order chi connectivity index (χ1) is 14.5. The number of nitrogens with zero attached hydrogens (tertiary/aromatic N) is 1. The Morgan fingerprint density at radius 1 is 1.06 bits per heavy atom. The molecule has 9 heteroatoms. The Kier molecular flexibility index (Phi) is 8.34. The van der Waals surface area contributed by atoms with E-state index in [1.54, 1.807) is 65.0 Å². The highest BCUT2D eigenvalue weighted by molar-refractivity contribution is 7.89. The molecule has 0 heterocycles. The fraction of sp³-hybridized carbons (Fsp3) is 0.409. The number of carbonyl (C=O) groups excluding carboxylic acids is 1. The minimum absolute atomic E-state index is 0.0754. The van der Waals surface area contributed by atoms with Crippen molar-refractivity contribution in [1.82, 2.24) is 4.31 Å². The van der Waals surface area contributed by atoms with Crippen LogP contribution < -0.4 is 14.8 Å². The van der Waals surface area contributed by atoms with Gasteiger partial charge in [0.25, 0.3) is 5.91 Å². The predicted octanol–water partition coefficient (Wildman–Crippen LogP) is 4.57. The molecule has 0 aliphatic carbocycles. The number of nitrogens with one attached hydrogen (secondary N) is 1. The Morgan fingerprint density at radius 3 is 2.23 bits per heavy atom. The number of anilines is 1. The molecule has 0 atom stereocenters. The number of benzene rings is 2. The number of rotatable bonds is 10. The van der Waals surface area contributed by atoms with Crippen LogP contribution in [0.5, 0.6) is 11.5 Å². The Morgan fingerprint density at radius 2 is 1.68 bits per heavy atom. The van der Waals surface area contributed by atoms with Crippen molar-refractivity contribution in [3.63, 3.8) is 0 Å². The summed E-state index contributed by atoms with van der Waals surface area (Å²) in [5, 5.41) is 3.31. The van der Waals surface area contributed by atoms with E-state index in [1.165, 1.54) is 16.4 Å². The van der Waals surface area contributed by atoms with Crippen LogP contribution in [0, 0.1) is 0 Å². The molecule has 0 fully saturated rings. The van der Waals surface area contributed by atoms with E-state index in [0.29, 0.717) is 36.2 Å². The fourth-order valence-electron chi connectivity index (χ4n) is 2.88. The molecular formula is C22H29ClN2O5S. The van der Waals surface area contributed by atoms with Gasteiger partial charge in [-0.2, -0.15) is 4.31 Å². The van der Waals surface area contributed by atoms with Crippen molar-refractivity contribution in [1.29, 1.82) is 0 Å². The summed E-state index contributed by atoms with van der Waals surface area (Å²) in [5.41, 5.74) is -0.988. The van der Waals surface area contributed by atoms with E-state index in [9.17, 15) is 13.2 Å². The number of halogens is 1. The SMILES string of the molecule is CCOc1ccc(S(=O)(=O)N(CC)CC)cc1NC(=O)C(C)(C)Oc1ccc(Cl)cc1. The van der Waals surface area contributed by atoms with Crippen molar-refractivity contribution >= 4 is 33.2 Å². The minimum Gasteiger partial charge on any atom is -0.492 e. The smallest absolute Gasteiger partial charge is 0.268 e. The number of hydrogen-bond donors (Lipinski definition) is 1.